The summed E-state index contributed by atoms with van der Waals surface area (Å²) in [5.41, 5.74) is 0.515. The Bertz CT molecular complexity index is 526. The van der Waals surface area contributed by atoms with Crippen LogP contribution < -0.4 is 0 Å². The first-order chi connectivity index (χ1) is 8.86. The molecule has 0 radical (unpaired) electrons. The Morgan fingerprint density at radius 2 is 2.28 bits per heavy atom. The molecular weight excluding hydrogens is 246 g/mol. The van der Waals surface area contributed by atoms with Crippen molar-refractivity contribution in [3.8, 4) is 0 Å². The van der Waals surface area contributed by atoms with E-state index >= 15 is 0 Å². The molecular formula is C13H13N3OS. The fourth-order valence-corrected chi connectivity index (χ4v) is 3.09. The summed E-state index contributed by atoms with van der Waals surface area (Å²) in [4.78, 5) is 22.7. The molecule has 5 heteroatoms. The van der Waals surface area contributed by atoms with Crippen molar-refractivity contribution in [1.82, 2.24) is 14.9 Å². The topological polar surface area (TPSA) is 46.1 Å². The van der Waals surface area contributed by atoms with Gasteiger partial charge in [0.15, 0.2) is 0 Å². The van der Waals surface area contributed by atoms with Gasteiger partial charge < -0.3 is 4.90 Å². The van der Waals surface area contributed by atoms with Crippen LogP contribution in [0.3, 0.4) is 0 Å². The predicted octanol–water partition coefficient (Wildman–Crippen LogP) is 2.52. The summed E-state index contributed by atoms with van der Waals surface area (Å²) in [6, 6.07) is 5.55. The fourth-order valence-electron chi connectivity index (χ4n) is 2.30. The van der Waals surface area contributed by atoms with Gasteiger partial charge in [0, 0.05) is 24.3 Å². The fraction of sp³-hybridized carbons (Fsp3) is 0.308. The standard InChI is InChI=1S/C13H13N3OS/c17-13(10-4-1-2-6-14-10)16-8-3-5-11(16)12-15-7-9-18-12/h1-2,4,6-7,9,11H,3,5,8H2. The molecule has 1 aliphatic rings. The lowest BCUT2D eigenvalue weighted by atomic mass is 10.2. The highest BCUT2D eigenvalue weighted by Crippen LogP contribution is 2.33. The first-order valence-electron chi connectivity index (χ1n) is 5.97. The highest BCUT2D eigenvalue weighted by atomic mass is 32.1. The summed E-state index contributed by atoms with van der Waals surface area (Å²) in [6.07, 6.45) is 5.47. The zero-order valence-electron chi connectivity index (χ0n) is 9.82. The van der Waals surface area contributed by atoms with Crippen molar-refractivity contribution >= 4 is 17.2 Å². The SMILES string of the molecule is O=C(c1ccccn1)N1CCCC1c1nccs1. The molecule has 2 aromatic rings. The van der Waals surface area contributed by atoms with Gasteiger partial charge in [0.25, 0.3) is 5.91 Å². The van der Waals surface area contributed by atoms with Crippen molar-refractivity contribution in [2.75, 3.05) is 6.54 Å². The van der Waals surface area contributed by atoms with Crippen LogP contribution in [-0.4, -0.2) is 27.3 Å². The van der Waals surface area contributed by atoms with Crippen molar-refractivity contribution in [1.29, 1.82) is 0 Å². The second-order valence-corrected chi connectivity index (χ2v) is 5.17. The Morgan fingerprint density at radius 3 is 3.00 bits per heavy atom. The summed E-state index contributed by atoms with van der Waals surface area (Å²) in [5, 5.41) is 2.98. The molecule has 1 unspecified atom stereocenters. The second-order valence-electron chi connectivity index (χ2n) is 4.24. The molecule has 1 amide bonds. The van der Waals surface area contributed by atoms with E-state index in [1.807, 2.05) is 22.4 Å². The van der Waals surface area contributed by atoms with Gasteiger partial charge in [-0.15, -0.1) is 11.3 Å². The molecule has 2 aromatic heterocycles. The maximum absolute atomic E-state index is 12.4. The third-order valence-corrected chi connectivity index (χ3v) is 4.01. The Kier molecular flexibility index (Phi) is 3.06. The lowest BCUT2D eigenvalue weighted by Gasteiger charge is -2.22. The van der Waals surface area contributed by atoms with Crippen molar-refractivity contribution in [3.63, 3.8) is 0 Å². The maximum atomic E-state index is 12.4. The summed E-state index contributed by atoms with van der Waals surface area (Å²) < 4.78 is 0. The molecule has 1 atom stereocenters. The highest BCUT2D eigenvalue weighted by molar-refractivity contribution is 7.09. The molecule has 0 spiro atoms. The molecule has 1 aliphatic heterocycles. The van der Waals surface area contributed by atoms with Crippen molar-refractivity contribution in [2.45, 2.75) is 18.9 Å². The van der Waals surface area contributed by atoms with E-state index in [4.69, 9.17) is 0 Å². The number of amides is 1. The molecule has 4 nitrogen and oxygen atoms in total. The van der Waals surface area contributed by atoms with Crippen LogP contribution in [0.25, 0.3) is 0 Å². The van der Waals surface area contributed by atoms with Gasteiger partial charge >= 0.3 is 0 Å². The summed E-state index contributed by atoms with van der Waals surface area (Å²) >= 11 is 1.61. The Balaban J connectivity index is 1.85. The Hall–Kier alpha value is -1.75. The minimum atomic E-state index is 0.00769. The number of aromatic nitrogens is 2. The lowest BCUT2D eigenvalue weighted by molar-refractivity contribution is 0.0729. The monoisotopic (exact) mass is 259 g/mol. The lowest BCUT2D eigenvalue weighted by Crippen LogP contribution is -2.31. The van der Waals surface area contributed by atoms with Crippen LogP contribution in [-0.2, 0) is 0 Å². The average Bonchev–Trinajstić information content (AvgIpc) is 3.09. The molecule has 0 saturated carbocycles. The van der Waals surface area contributed by atoms with Gasteiger partial charge in [-0.1, -0.05) is 6.07 Å². The third kappa shape index (κ3) is 2.01. The largest absolute Gasteiger partial charge is 0.328 e. The number of pyridine rings is 1. The highest BCUT2D eigenvalue weighted by Gasteiger charge is 2.32. The van der Waals surface area contributed by atoms with Gasteiger partial charge in [-0.05, 0) is 25.0 Å². The van der Waals surface area contributed by atoms with Crippen LogP contribution >= 0.6 is 11.3 Å². The zero-order valence-corrected chi connectivity index (χ0v) is 10.6. The van der Waals surface area contributed by atoms with Gasteiger partial charge in [-0.25, -0.2) is 4.98 Å². The van der Waals surface area contributed by atoms with Gasteiger partial charge in [0.1, 0.15) is 10.7 Å². The zero-order chi connectivity index (χ0) is 12.4. The molecule has 0 N–H and O–H groups in total. The number of likely N-dealkylation sites (tertiary alicyclic amines) is 1. The summed E-state index contributed by atoms with van der Waals surface area (Å²) in [5.74, 6) is 0.00769. The minimum Gasteiger partial charge on any atom is -0.328 e. The normalized spacial score (nSPS) is 19.1. The van der Waals surface area contributed by atoms with Crippen LogP contribution in [0.1, 0.15) is 34.4 Å². The first-order valence-corrected chi connectivity index (χ1v) is 6.85. The Morgan fingerprint density at radius 1 is 1.33 bits per heavy atom. The maximum Gasteiger partial charge on any atom is 0.273 e. The smallest absolute Gasteiger partial charge is 0.273 e. The quantitative estimate of drug-likeness (QED) is 0.832. The van der Waals surface area contributed by atoms with Crippen LogP contribution in [0, 0.1) is 0 Å². The molecule has 0 aromatic carbocycles. The molecule has 1 saturated heterocycles. The van der Waals surface area contributed by atoms with Crippen LogP contribution in [0.5, 0.6) is 0 Å². The van der Waals surface area contributed by atoms with Crippen molar-refractivity contribution in [2.24, 2.45) is 0 Å². The van der Waals surface area contributed by atoms with E-state index in [2.05, 4.69) is 9.97 Å². The van der Waals surface area contributed by atoms with Gasteiger partial charge in [-0.3, -0.25) is 9.78 Å². The van der Waals surface area contributed by atoms with E-state index in [-0.39, 0.29) is 11.9 Å². The number of rotatable bonds is 2. The molecule has 3 rings (SSSR count). The van der Waals surface area contributed by atoms with E-state index in [1.165, 1.54) is 0 Å². The molecule has 18 heavy (non-hydrogen) atoms. The molecule has 1 fully saturated rings. The summed E-state index contributed by atoms with van der Waals surface area (Å²) in [6.45, 7) is 0.791. The third-order valence-electron chi connectivity index (χ3n) is 3.13. The second kappa shape index (κ2) is 4.86. The first kappa shape index (κ1) is 11.3. The molecule has 3 heterocycles. The molecule has 92 valence electrons. The van der Waals surface area contributed by atoms with Gasteiger partial charge in [0.05, 0.1) is 6.04 Å². The predicted molar refractivity (Wildman–Crippen MR) is 69.4 cm³/mol. The van der Waals surface area contributed by atoms with Crippen molar-refractivity contribution < 1.29 is 4.79 Å². The molecule has 0 bridgehead atoms. The van der Waals surface area contributed by atoms with E-state index in [9.17, 15) is 4.79 Å². The number of carbonyl (C=O) groups excluding carboxylic acids is 1. The van der Waals surface area contributed by atoms with E-state index in [0.717, 1.165) is 24.4 Å². The summed E-state index contributed by atoms with van der Waals surface area (Å²) in [7, 11) is 0. The average molecular weight is 259 g/mol. The van der Waals surface area contributed by atoms with E-state index < -0.39 is 0 Å². The van der Waals surface area contributed by atoms with E-state index in [1.54, 1.807) is 29.8 Å². The minimum absolute atomic E-state index is 0.00769. The van der Waals surface area contributed by atoms with Crippen molar-refractivity contribution in [3.05, 3.63) is 46.7 Å². The Labute approximate surface area is 109 Å². The number of nitrogens with zero attached hydrogens (tertiary/aromatic N) is 3. The molecule has 0 aliphatic carbocycles. The number of hydrogen-bond acceptors (Lipinski definition) is 4. The number of thiazole rings is 1. The number of hydrogen-bond donors (Lipinski definition) is 0. The van der Waals surface area contributed by atoms with Crippen LogP contribution in [0.15, 0.2) is 36.0 Å². The van der Waals surface area contributed by atoms with Gasteiger partial charge in [-0.2, -0.15) is 0 Å². The van der Waals surface area contributed by atoms with Gasteiger partial charge in [0.2, 0.25) is 0 Å². The van der Waals surface area contributed by atoms with Crippen LogP contribution in [0.2, 0.25) is 0 Å². The number of carbonyl (C=O) groups is 1. The van der Waals surface area contributed by atoms with E-state index in [0.29, 0.717) is 5.69 Å². The van der Waals surface area contributed by atoms with Crippen LogP contribution in [0.4, 0.5) is 0 Å².